The number of rotatable bonds is 6. The zero-order chi connectivity index (χ0) is 12.8. The average molecular weight is 237 g/mol. The zero-order valence-electron chi connectivity index (χ0n) is 11.4. The number of nitrogens with zero attached hydrogens (tertiary/aromatic N) is 3. The van der Waals surface area contributed by atoms with Gasteiger partial charge >= 0.3 is 0 Å². The lowest BCUT2D eigenvalue weighted by molar-refractivity contribution is 0.425. The first kappa shape index (κ1) is 13.7. The predicted octanol–water partition coefficient (Wildman–Crippen LogP) is 1.62. The van der Waals surface area contributed by atoms with Crippen LogP contribution in [0.15, 0.2) is 6.07 Å². The Balaban J connectivity index is 2.73. The van der Waals surface area contributed by atoms with Crippen molar-refractivity contribution >= 4 is 11.6 Å². The van der Waals surface area contributed by atoms with Crippen LogP contribution in [0, 0.1) is 0 Å². The van der Waals surface area contributed by atoms with Crippen LogP contribution in [0.25, 0.3) is 0 Å². The molecule has 0 atom stereocenters. The quantitative estimate of drug-likeness (QED) is 0.787. The van der Waals surface area contributed by atoms with Gasteiger partial charge in [-0.2, -0.15) is 0 Å². The van der Waals surface area contributed by atoms with Gasteiger partial charge in [-0.1, -0.05) is 13.8 Å². The van der Waals surface area contributed by atoms with Gasteiger partial charge in [0.1, 0.15) is 17.5 Å². The Labute approximate surface area is 104 Å². The first-order valence-corrected chi connectivity index (χ1v) is 5.98. The van der Waals surface area contributed by atoms with Gasteiger partial charge in [0.25, 0.3) is 0 Å². The van der Waals surface area contributed by atoms with Crippen molar-refractivity contribution in [3.63, 3.8) is 0 Å². The summed E-state index contributed by atoms with van der Waals surface area (Å²) in [7, 11) is 5.98. The molecule has 1 aromatic heterocycles. The van der Waals surface area contributed by atoms with E-state index in [-0.39, 0.29) is 0 Å². The van der Waals surface area contributed by atoms with E-state index in [1.807, 2.05) is 13.1 Å². The standard InChI is InChI=1S/C12H23N5/c1-9(2)12-15-10(13-3)8-11(16-12)14-6-7-17(4)5/h8-9H,6-7H2,1-5H3,(H2,13,14,15,16). The van der Waals surface area contributed by atoms with Crippen LogP contribution >= 0.6 is 0 Å². The Hall–Kier alpha value is -1.36. The van der Waals surface area contributed by atoms with Crippen molar-refractivity contribution < 1.29 is 0 Å². The van der Waals surface area contributed by atoms with Crippen molar-refractivity contribution in [2.75, 3.05) is 44.9 Å². The van der Waals surface area contributed by atoms with Gasteiger partial charge in [-0.25, -0.2) is 9.97 Å². The third-order valence-electron chi connectivity index (χ3n) is 2.38. The van der Waals surface area contributed by atoms with E-state index in [1.165, 1.54) is 0 Å². The van der Waals surface area contributed by atoms with E-state index >= 15 is 0 Å². The van der Waals surface area contributed by atoms with Crippen LogP contribution in [0.1, 0.15) is 25.6 Å². The van der Waals surface area contributed by atoms with Gasteiger partial charge in [-0.05, 0) is 14.1 Å². The van der Waals surface area contributed by atoms with Crippen molar-refractivity contribution in [1.82, 2.24) is 14.9 Å². The van der Waals surface area contributed by atoms with E-state index in [0.717, 1.165) is 30.5 Å². The van der Waals surface area contributed by atoms with Crippen molar-refractivity contribution in [2.45, 2.75) is 19.8 Å². The molecule has 0 unspecified atom stereocenters. The van der Waals surface area contributed by atoms with Gasteiger partial charge in [-0.15, -0.1) is 0 Å². The summed E-state index contributed by atoms with van der Waals surface area (Å²) in [6, 6.07) is 1.93. The summed E-state index contributed by atoms with van der Waals surface area (Å²) >= 11 is 0. The molecule has 0 fully saturated rings. The Bertz CT molecular complexity index is 349. The smallest absolute Gasteiger partial charge is 0.135 e. The Morgan fingerprint density at radius 2 is 1.88 bits per heavy atom. The second kappa shape index (κ2) is 6.39. The van der Waals surface area contributed by atoms with Crippen molar-refractivity contribution in [1.29, 1.82) is 0 Å². The van der Waals surface area contributed by atoms with Crippen molar-refractivity contribution in [3.8, 4) is 0 Å². The van der Waals surface area contributed by atoms with Gasteiger partial charge in [0.15, 0.2) is 0 Å². The van der Waals surface area contributed by atoms with Gasteiger partial charge in [0, 0.05) is 32.1 Å². The summed E-state index contributed by atoms with van der Waals surface area (Å²) in [5.41, 5.74) is 0. The van der Waals surface area contributed by atoms with Crippen LogP contribution in [0.2, 0.25) is 0 Å². The van der Waals surface area contributed by atoms with Crippen molar-refractivity contribution in [2.24, 2.45) is 0 Å². The number of nitrogens with one attached hydrogen (secondary N) is 2. The highest BCUT2D eigenvalue weighted by Crippen LogP contribution is 2.16. The van der Waals surface area contributed by atoms with Crippen LogP contribution in [-0.2, 0) is 0 Å². The van der Waals surface area contributed by atoms with Gasteiger partial charge in [0.05, 0.1) is 0 Å². The topological polar surface area (TPSA) is 53.1 Å². The van der Waals surface area contributed by atoms with Gasteiger partial charge in [-0.3, -0.25) is 0 Å². The lowest BCUT2D eigenvalue weighted by atomic mass is 10.2. The van der Waals surface area contributed by atoms with E-state index in [9.17, 15) is 0 Å². The second-order valence-electron chi connectivity index (χ2n) is 4.63. The highest BCUT2D eigenvalue weighted by Gasteiger charge is 2.07. The summed E-state index contributed by atoms with van der Waals surface area (Å²) in [5.74, 6) is 2.94. The molecule has 0 saturated carbocycles. The highest BCUT2D eigenvalue weighted by atomic mass is 15.1. The SMILES string of the molecule is CNc1cc(NCCN(C)C)nc(C(C)C)n1. The predicted molar refractivity (Wildman–Crippen MR) is 72.7 cm³/mol. The number of anilines is 2. The summed E-state index contributed by atoms with van der Waals surface area (Å²) in [6.07, 6.45) is 0. The summed E-state index contributed by atoms with van der Waals surface area (Å²) < 4.78 is 0. The molecule has 2 N–H and O–H groups in total. The monoisotopic (exact) mass is 237 g/mol. The van der Waals surface area contributed by atoms with Crippen LogP contribution < -0.4 is 10.6 Å². The summed E-state index contributed by atoms with van der Waals surface area (Å²) in [5, 5.41) is 6.37. The normalized spacial score (nSPS) is 11.0. The Kier molecular flexibility index (Phi) is 5.15. The highest BCUT2D eigenvalue weighted by molar-refractivity contribution is 5.47. The number of hydrogen-bond acceptors (Lipinski definition) is 5. The molecule has 0 aromatic carbocycles. The fraction of sp³-hybridized carbons (Fsp3) is 0.667. The molecule has 1 rings (SSSR count). The summed E-state index contributed by atoms with van der Waals surface area (Å²) in [4.78, 5) is 11.1. The zero-order valence-corrected chi connectivity index (χ0v) is 11.4. The van der Waals surface area contributed by atoms with E-state index in [1.54, 1.807) is 0 Å². The molecule has 0 spiro atoms. The molecule has 5 nitrogen and oxygen atoms in total. The molecule has 5 heteroatoms. The lowest BCUT2D eigenvalue weighted by Crippen LogP contribution is -2.21. The first-order valence-electron chi connectivity index (χ1n) is 5.98. The molecule has 0 bridgehead atoms. The van der Waals surface area contributed by atoms with Gasteiger partial charge in [0.2, 0.25) is 0 Å². The van der Waals surface area contributed by atoms with Crippen molar-refractivity contribution in [3.05, 3.63) is 11.9 Å². The molecule has 0 amide bonds. The Morgan fingerprint density at radius 1 is 1.24 bits per heavy atom. The van der Waals surface area contributed by atoms with E-state index in [0.29, 0.717) is 5.92 Å². The molecule has 1 heterocycles. The molecule has 0 aliphatic heterocycles. The van der Waals surface area contributed by atoms with Crippen LogP contribution in [-0.4, -0.2) is 49.1 Å². The molecule has 17 heavy (non-hydrogen) atoms. The summed E-state index contributed by atoms with van der Waals surface area (Å²) in [6.45, 7) is 6.05. The van der Waals surface area contributed by atoms with Crippen LogP contribution in [0.3, 0.4) is 0 Å². The maximum absolute atomic E-state index is 4.50. The largest absolute Gasteiger partial charge is 0.373 e. The van der Waals surface area contributed by atoms with E-state index in [4.69, 9.17) is 0 Å². The average Bonchev–Trinajstić information content (AvgIpc) is 2.28. The lowest BCUT2D eigenvalue weighted by Gasteiger charge is -2.13. The molecular weight excluding hydrogens is 214 g/mol. The molecule has 0 aliphatic rings. The first-order chi connectivity index (χ1) is 8.02. The fourth-order valence-corrected chi connectivity index (χ4v) is 1.35. The minimum absolute atomic E-state index is 0.331. The molecule has 0 radical (unpaired) electrons. The molecule has 0 aliphatic carbocycles. The minimum Gasteiger partial charge on any atom is -0.373 e. The third kappa shape index (κ3) is 4.56. The minimum atomic E-state index is 0.331. The third-order valence-corrected chi connectivity index (χ3v) is 2.38. The fourth-order valence-electron chi connectivity index (χ4n) is 1.35. The van der Waals surface area contributed by atoms with Crippen LogP contribution in [0.4, 0.5) is 11.6 Å². The number of hydrogen-bond donors (Lipinski definition) is 2. The molecule has 1 aromatic rings. The number of likely N-dealkylation sites (N-methyl/N-ethyl adjacent to an activating group) is 1. The van der Waals surface area contributed by atoms with E-state index in [2.05, 4.69) is 53.4 Å². The van der Waals surface area contributed by atoms with Crippen LogP contribution in [0.5, 0.6) is 0 Å². The Morgan fingerprint density at radius 3 is 2.41 bits per heavy atom. The van der Waals surface area contributed by atoms with Gasteiger partial charge < -0.3 is 15.5 Å². The maximum atomic E-state index is 4.50. The second-order valence-corrected chi connectivity index (χ2v) is 4.63. The molecule has 96 valence electrons. The molecule has 0 saturated heterocycles. The molecular formula is C12H23N5. The number of aromatic nitrogens is 2. The van der Waals surface area contributed by atoms with E-state index < -0.39 is 0 Å². The maximum Gasteiger partial charge on any atom is 0.135 e.